The van der Waals surface area contributed by atoms with Crippen LogP contribution >= 0.6 is 23.5 Å². The van der Waals surface area contributed by atoms with Gasteiger partial charge in [-0.2, -0.15) is 0 Å². The number of amides is 1. The van der Waals surface area contributed by atoms with Gasteiger partial charge in [-0.05, 0) is 36.4 Å². The molecule has 0 radical (unpaired) electrons. The molecule has 3 aromatic rings. The first-order chi connectivity index (χ1) is 13.1. The highest BCUT2D eigenvalue weighted by atomic mass is 32.2. The molecular weight excluding hydrogens is 376 g/mol. The Hall–Kier alpha value is -2.18. The van der Waals surface area contributed by atoms with Crippen LogP contribution in [0.2, 0.25) is 0 Å². The maximum Gasteiger partial charge on any atom is 0.251 e. The normalized spacial score (nSPS) is 10.9. The average molecular weight is 399 g/mol. The summed E-state index contributed by atoms with van der Waals surface area (Å²) in [6.07, 6.45) is 2.86. The van der Waals surface area contributed by atoms with Gasteiger partial charge in [-0.1, -0.05) is 30.3 Å². The Morgan fingerprint density at radius 1 is 1.11 bits per heavy atom. The molecule has 0 fully saturated rings. The predicted molar refractivity (Wildman–Crippen MR) is 115 cm³/mol. The summed E-state index contributed by atoms with van der Waals surface area (Å²) in [5.41, 5.74) is 2.02. The largest absolute Gasteiger partial charge is 0.355 e. The van der Waals surface area contributed by atoms with Crippen LogP contribution in [0.4, 0.5) is 0 Å². The van der Waals surface area contributed by atoms with Crippen molar-refractivity contribution in [1.29, 1.82) is 0 Å². The van der Waals surface area contributed by atoms with Crippen LogP contribution in [0, 0.1) is 0 Å². The monoisotopic (exact) mass is 398 g/mol. The van der Waals surface area contributed by atoms with Gasteiger partial charge in [-0.15, -0.1) is 23.5 Å². The van der Waals surface area contributed by atoms with Crippen molar-refractivity contribution >= 4 is 40.3 Å². The van der Waals surface area contributed by atoms with Crippen LogP contribution < -0.4 is 10.9 Å². The third-order valence-corrected chi connectivity index (χ3v) is 6.17. The van der Waals surface area contributed by atoms with Gasteiger partial charge in [0.15, 0.2) is 0 Å². The molecule has 0 bridgehead atoms. The number of para-hydroxylation sites is 1. The average Bonchev–Trinajstić information content (AvgIpc) is 2.70. The first-order valence-corrected chi connectivity index (χ1v) is 10.9. The lowest BCUT2D eigenvalue weighted by Crippen LogP contribution is -2.27. The van der Waals surface area contributed by atoms with E-state index in [1.165, 1.54) is 22.2 Å². The molecule has 1 heterocycles. The fourth-order valence-corrected chi connectivity index (χ4v) is 4.14. The number of benzene rings is 2. The van der Waals surface area contributed by atoms with Crippen molar-refractivity contribution in [2.45, 2.75) is 16.2 Å². The highest BCUT2D eigenvalue weighted by molar-refractivity contribution is 8.00. The van der Waals surface area contributed by atoms with E-state index in [4.69, 9.17) is 0 Å². The number of pyridine rings is 1. The topological polar surface area (TPSA) is 51.1 Å². The Kier molecular flexibility index (Phi) is 6.63. The van der Waals surface area contributed by atoms with Crippen molar-refractivity contribution in [3.8, 4) is 0 Å². The Bertz CT molecular complexity index is 997. The van der Waals surface area contributed by atoms with Crippen molar-refractivity contribution < 1.29 is 4.79 Å². The SMILES string of the molecule is CSc1ccc(CCNC(=O)CSc2cc(=O)n(C)c3ccccc23)cc1. The lowest BCUT2D eigenvalue weighted by molar-refractivity contribution is -0.118. The lowest BCUT2D eigenvalue weighted by atomic mass is 10.1. The summed E-state index contributed by atoms with van der Waals surface area (Å²) in [7, 11) is 1.76. The lowest BCUT2D eigenvalue weighted by Gasteiger charge is -2.10. The van der Waals surface area contributed by atoms with Crippen LogP contribution in [0.15, 0.2) is 69.2 Å². The van der Waals surface area contributed by atoms with Gasteiger partial charge >= 0.3 is 0 Å². The molecule has 1 amide bonds. The van der Waals surface area contributed by atoms with Gasteiger partial charge in [-0.3, -0.25) is 9.59 Å². The fraction of sp³-hybridized carbons (Fsp3) is 0.238. The smallest absolute Gasteiger partial charge is 0.251 e. The zero-order chi connectivity index (χ0) is 19.2. The number of carbonyl (C=O) groups is 1. The van der Waals surface area contributed by atoms with Gasteiger partial charge in [0.2, 0.25) is 5.91 Å². The van der Waals surface area contributed by atoms with Crippen molar-refractivity contribution in [3.05, 3.63) is 70.5 Å². The number of carbonyl (C=O) groups excluding carboxylic acids is 1. The van der Waals surface area contributed by atoms with Gasteiger partial charge in [-0.25, -0.2) is 0 Å². The van der Waals surface area contributed by atoms with Crippen molar-refractivity contribution in [2.75, 3.05) is 18.6 Å². The number of aryl methyl sites for hydroxylation is 1. The minimum absolute atomic E-state index is 0.0227. The first-order valence-electron chi connectivity index (χ1n) is 8.69. The highest BCUT2D eigenvalue weighted by Gasteiger charge is 2.09. The quantitative estimate of drug-likeness (QED) is 0.617. The molecule has 0 aliphatic heterocycles. The van der Waals surface area contributed by atoms with E-state index in [9.17, 15) is 9.59 Å². The van der Waals surface area contributed by atoms with Crippen LogP contribution in [0.3, 0.4) is 0 Å². The van der Waals surface area contributed by atoms with Gasteiger partial charge in [0.25, 0.3) is 5.56 Å². The first kappa shape index (κ1) is 19.6. The second-order valence-corrected chi connectivity index (χ2v) is 8.06. The highest BCUT2D eigenvalue weighted by Crippen LogP contribution is 2.25. The Labute approximate surface area is 167 Å². The molecule has 27 heavy (non-hydrogen) atoms. The fourth-order valence-electron chi connectivity index (χ4n) is 2.83. The minimum Gasteiger partial charge on any atom is -0.355 e. The van der Waals surface area contributed by atoms with Gasteiger partial charge in [0.1, 0.15) is 0 Å². The summed E-state index contributed by atoms with van der Waals surface area (Å²) in [4.78, 5) is 26.4. The number of thioether (sulfide) groups is 2. The number of nitrogens with zero attached hydrogens (tertiary/aromatic N) is 1. The second-order valence-electron chi connectivity index (χ2n) is 6.16. The van der Waals surface area contributed by atoms with Crippen LogP contribution in [0.25, 0.3) is 10.9 Å². The molecule has 140 valence electrons. The van der Waals surface area contributed by atoms with Crippen molar-refractivity contribution in [2.24, 2.45) is 7.05 Å². The van der Waals surface area contributed by atoms with Crippen LogP contribution in [0.1, 0.15) is 5.56 Å². The summed E-state index contributed by atoms with van der Waals surface area (Å²) in [6.45, 7) is 0.606. The van der Waals surface area contributed by atoms with Gasteiger partial charge in [0.05, 0.1) is 11.3 Å². The summed E-state index contributed by atoms with van der Waals surface area (Å²) in [6, 6.07) is 17.7. The molecule has 0 saturated carbocycles. The molecule has 0 atom stereocenters. The maximum atomic E-state index is 12.2. The number of hydrogen-bond acceptors (Lipinski definition) is 4. The van der Waals surface area contributed by atoms with Crippen LogP contribution in [-0.4, -0.2) is 29.0 Å². The van der Waals surface area contributed by atoms with E-state index >= 15 is 0 Å². The number of aromatic nitrogens is 1. The van der Waals surface area contributed by atoms with E-state index in [0.717, 1.165) is 22.2 Å². The Morgan fingerprint density at radius 3 is 2.59 bits per heavy atom. The summed E-state index contributed by atoms with van der Waals surface area (Å²) >= 11 is 3.12. The van der Waals surface area contributed by atoms with E-state index in [1.54, 1.807) is 29.4 Å². The van der Waals surface area contributed by atoms with Crippen LogP contribution in [0.5, 0.6) is 0 Å². The Morgan fingerprint density at radius 2 is 1.85 bits per heavy atom. The summed E-state index contributed by atoms with van der Waals surface area (Å²) < 4.78 is 1.63. The van der Waals surface area contributed by atoms with Crippen molar-refractivity contribution in [1.82, 2.24) is 9.88 Å². The molecule has 3 rings (SSSR count). The molecule has 0 aliphatic rings. The zero-order valence-corrected chi connectivity index (χ0v) is 17.0. The third kappa shape index (κ3) is 4.96. The molecule has 6 heteroatoms. The number of hydrogen-bond donors (Lipinski definition) is 1. The second kappa shape index (κ2) is 9.15. The molecule has 4 nitrogen and oxygen atoms in total. The number of rotatable bonds is 7. The molecule has 1 N–H and O–H groups in total. The summed E-state index contributed by atoms with van der Waals surface area (Å²) in [5.74, 6) is 0.272. The Balaban J connectivity index is 1.55. The molecule has 0 saturated heterocycles. The van der Waals surface area contributed by atoms with Crippen molar-refractivity contribution in [3.63, 3.8) is 0 Å². The molecule has 0 unspecified atom stereocenters. The molecular formula is C21H22N2O2S2. The van der Waals surface area contributed by atoms with Gasteiger partial charge in [0, 0.05) is 34.8 Å². The predicted octanol–water partition coefficient (Wildman–Crippen LogP) is 3.71. The molecule has 0 aliphatic carbocycles. The number of nitrogens with one attached hydrogen (secondary N) is 1. The van der Waals surface area contributed by atoms with E-state index in [1.807, 2.05) is 24.3 Å². The third-order valence-electron chi connectivity index (χ3n) is 4.37. The molecule has 0 spiro atoms. The van der Waals surface area contributed by atoms with E-state index in [2.05, 4.69) is 35.8 Å². The number of fused-ring (bicyclic) bond motifs is 1. The zero-order valence-electron chi connectivity index (χ0n) is 15.4. The molecule has 1 aromatic heterocycles. The van der Waals surface area contributed by atoms with E-state index < -0.39 is 0 Å². The van der Waals surface area contributed by atoms with Crippen LogP contribution in [-0.2, 0) is 18.3 Å². The summed E-state index contributed by atoms with van der Waals surface area (Å²) in [5, 5.41) is 3.95. The maximum absolute atomic E-state index is 12.2. The van der Waals surface area contributed by atoms with E-state index in [-0.39, 0.29) is 11.5 Å². The van der Waals surface area contributed by atoms with Gasteiger partial charge < -0.3 is 9.88 Å². The molecule has 2 aromatic carbocycles. The van der Waals surface area contributed by atoms with E-state index in [0.29, 0.717) is 12.3 Å². The minimum atomic E-state index is -0.0645. The standard InChI is InChI=1S/C21H22N2O2S2/c1-23-18-6-4-3-5-17(18)19(13-21(23)25)27-14-20(24)22-12-11-15-7-9-16(26-2)10-8-15/h3-10,13H,11-12,14H2,1-2H3,(H,22,24).